The van der Waals surface area contributed by atoms with E-state index in [9.17, 15) is 4.79 Å². The van der Waals surface area contributed by atoms with Crippen LogP contribution in [0.15, 0.2) is 12.3 Å². The number of anilines is 1. The number of aromatic nitrogens is 2. The average molecular weight is 251 g/mol. The first-order valence-corrected chi connectivity index (χ1v) is 6.29. The highest BCUT2D eigenvalue weighted by atomic mass is 16.2. The Morgan fingerprint density at radius 3 is 3.06 bits per heavy atom. The molecule has 100 valence electrons. The molecule has 0 aliphatic carbocycles. The van der Waals surface area contributed by atoms with E-state index in [1.54, 1.807) is 16.9 Å². The normalized spacial score (nSPS) is 20.9. The maximum absolute atomic E-state index is 12.1. The maximum atomic E-state index is 12.1. The van der Waals surface area contributed by atoms with Gasteiger partial charge < -0.3 is 15.5 Å². The summed E-state index contributed by atoms with van der Waals surface area (Å²) in [6.45, 7) is 2.33. The van der Waals surface area contributed by atoms with Crippen molar-refractivity contribution in [2.75, 3.05) is 32.9 Å². The van der Waals surface area contributed by atoms with Gasteiger partial charge in [0.05, 0.1) is 0 Å². The van der Waals surface area contributed by atoms with E-state index >= 15 is 0 Å². The molecule has 1 aliphatic heterocycles. The third kappa shape index (κ3) is 3.01. The van der Waals surface area contributed by atoms with E-state index in [0.717, 1.165) is 25.9 Å². The molecule has 2 heterocycles. The number of amides is 1. The van der Waals surface area contributed by atoms with Crippen molar-refractivity contribution in [3.8, 4) is 0 Å². The predicted molar refractivity (Wildman–Crippen MR) is 69.9 cm³/mol. The van der Waals surface area contributed by atoms with Crippen LogP contribution in [0.2, 0.25) is 0 Å². The van der Waals surface area contributed by atoms with Gasteiger partial charge in [-0.25, -0.2) is 0 Å². The third-order valence-electron chi connectivity index (χ3n) is 3.50. The zero-order chi connectivity index (χ0) is 13.1. The first-order chi connectivity index (χ1) is 8.56. The molecule has 18 heavy (non-hydrogen) atoms. The quantitative estimate of drug-likeness (QED) is 0.822. The third-order valence-corrected chi connectivity index (χ3v) is 3.50. The van der Waals surface area contributed by atoms with E-state index in [2.05, 4.69) is 17.0 Å². The van der Waals surface area contributed by atoms with E-state index in [1.807, 2.05) is 11.9 Å². The SMILES string of the molecule is CN1CCCC(N(C)C(=O)Cn2ccc(N)n2)C1. The smallest absolute Gasteiger partial charge is 0.244 e. The number of carbonyl (C=O) groups excluding carboxylic acids is 1. The highest BCUT2D eigenvalue weighted by Crippen LogP contribution is 2.13. The van der Waals surface area contributed by atoms with Gasteiger partial charge in [-0.1, -0.05) is 0 Å². The Hall–Kier alpha value is -1.56. The number of likely N-dealkylation sites (tertiary alicyclic amines) is 1. The van der Waals surface area contributed by atoms with Gasteiger partial charge in [0.15, 0.2) is 0 Å². The molecular weight excluding hydrogens is 230 g/mol. The summed E-state index contributed by atoms with van der Waals surface area (Å²) in [5.74, 6) is 0.529. The largest absolute Gasteiger partial charge is 0.382 e. The molecule has 1 aromatic rings. The Balaban J connectivity index is 1.91. The Labute approximate surface area is 107 Å². The summed E-state index contributed by atoms with van der Waals surface area (Å²) in [5.41, 5.74) is 5.53. The van der Waals surface area contributed by atoms with Crippen molar-refractivity contribution in [1.82, 2.24) is 19.6 Å². The number of likely N-dealkylation sites (N-methyl/N-ethyl adjacent to an activating group) is 2. The zero-order valence-electron chi connectivity index (χ0n) is 11.0. The molecule has 0 bridgehead atoms. The van der Waals surface area contributed by atoms with Gasteiger partial charge in [0, 0.05) is 25.8 Å². The molecule has 1 saturated heterocycles. The summed E-state index contributed by atoms with van der Waals surface area (Å²) in [4.78, 5) is 16.2. The molecule has 2 N–H and O–H groups in total. The summed E-state index contributed by atoms with van der Waals surface area (Å²) in [6.07, 6.45) is 3.95. The number of hydrogen-bond acceptors (Lipinski definition) is 4. The molecule has 0 saturated carbocycles. The van der Waals surface area contributed by atoms with Crippen LogP contribution in [0.1, 0.15) is 12.8 Å². The van der Waals surface area contributed by atoms with Gasteiger partial charge in [-0.3, -0.25) is 9.48 Å². The lowest BCUT2D eigenvalue weighted by molar-refractivity contribution is -0.133. The molecule has 2 rings (SSSR count). The second-order valence-corrected chi connectivity index (χ2v) is 5.00. The molecule has 6 heteroatoms. The summed E-state index contributed by atoms with van der Waals surface area (Å²) in [7, 11) is 3.97. The van der Waals surface area contributed by atoms with E-state index in [1.165, 1.54) is 0 Å². The predicted octanol–water partition coefficient (Wildman–Crippen LogP) is 0.0179. The number of carbonyl (C=O) groups is 1. The molecule has 0 radical (unpaired) electrons. The van der Waals surface area contributed by atoms with E-state index in [0.29, 0.717) is 11.9 Å². The van der Waals surface area contributed by atoms with Crippen LogP contribution < -0.4 is 5.73 Å². The number of nitrogen functional groups attached to an aromatic ring is 1. The molecule has 0 spiro atoms. The van der Waals surface area contributed by atoms with Crippen molar-refractivity contribution in [3.63, 3.8) is 0 Å². The van der Waals surface area contributed by atoms with Crippen LogP contribution in [0.3, 0.4) is 0 Å². The van der Waals surface area contributed by atoms with Crippen LogP contribution in [0, 0.1) is 0 Å². The maximum Gasteiger partial charge on any atom is 0.244 e. The second kappa shape index (κ2) is 5.39. The standard InChI is InChI=1S/C12H21N5O/c1-15-6-3-4-10(8-15)16(2)12(18)9-17-7-5-11(13)14-17/h5,7,10H,3-4,6,8-9H2,1-2H3,(H2,13,14). The average Bonchev–Trinajstić information content (AvgIpc) is 2.73. The number of piperidine rings is 1. The Bertz CT molecular complexity index is 416. The summed E-state index contributed by atoms with van der Waals surface area (Å²) < 4.78 is 1.58. The Morgan fingerprint density at radius 2 is 2.44 bits per heavy atom. The fourth-order valence-electron chi connectivity index (χ4n) is 2.37. The molecule has 1 aromatic heterocycles. The first kappa shape index (κ1) is 12.9. The number of rotatable bonds is 3. The molecule has 1 unspecified atom stereocenters. The fourth-order valence-corrected chi connectivity index (χ4v) is 2.37. The summed E-state index contributed by atoms with van der Waals surface area (Å²) >= 11 is 0. The second-order valence-electron chi connectivity index (χ2n) is 5.00. The number of hydrogen-bond donors (Lipinski definition) is 1. The molecule has 6 nitrogen and oxygen atoms in total. The first-order valence-electron chi connectivity index (χ1n) is 6.29. The van der Waals surface area contributed by atoms with Gasteiger partial charge in [0.25, 0.3) is 0 Å². The van der Waals surface area contributed by atoms with Crippen LogP contribution in [0.4, 0.5) is 5.82 Å². The highest BCUT2D eigenvalue weighted by molar-refractivity contribution is 5.76. The molecule has 0 aromatic carbocycles. The topological polar surface area (TPSA) is 67.4 Å². The van der Waals surface area contributed by atoms with Gasteiger partial charge in [-0.15, -0.1) is 0 Å². The van der Waals surface area contributed by atoms with Crippen molar-refractivity contribution in [1.29, 1.82) is 0 Å². The van der Waals surface area contributed by atoms with Gasteiger partial charge in [-0.2, -0.15) is 5.10 Å². The van der Waals surface area contributed by atoms with Crippen molar-refractivity contribution in [2.24, 2.45) is 0 Å². The van der Waals surface area contributed by atoms with Crippen molar-refractivity contribution >= 4 is 11.7 Å². The van der Waals surface area contributed by atoms with Crippen molar-refractivity contribution in [3.05, 3.63) is 12.3 Å². The van der Waals surface area contributed by atoms with Gasteiger partial charge in [-0.05, 0) is 32.5 Å². The van der Waals surface area contributed by atoms with Crippen LogP contribution >= 0.6 is 0 Å². The minimum Gasteiger partial charge on any atom is -0.382 e. The van der Waals surface area contributed by atoms with Gasteiger partial charge >= 0.3 is 0 Å². The van der Waals surface area contributed by atoms with E-state index in [4.69, 9.17) is 5.73 Å². The molecule has 1 amide bonds. The van der Waals surface area contributed by atoms with Gasteiger partial charge in [0.1, 0.15) is 12.4 Å². The summed E-state index contributed by atoms with van der Waals surface area (Å²) in [6, 6.07) is 2.01. The van der Waals surface area contributed by atoms with Crippen molar-refractivity contribution < 1.29 is 4.79 Å². The lowest BCUT2D eigenvalue weighted by atomic mass is 10.1. The van der Waals surface area contributed by atoms with Gasteiger partial charge in [0.2, 0.25) is 5.91 Å². The molecule has 1 atom stereocenters. The highest BCUT2D eigenvalue weighted by Gasteiger charge is 2.24. The monoisotopic (exact) mass is 251 g/mol. The minimum absolute atomic E-state index is 0.0819. The minimum atomic E-state index is 0.0819. The molecule has 1 aliphatic rings. The van der Waals surface area contributed by atoms with E-state index < -0.39 is 0 Å². The van der Waals surface area contributed by atoms with Crippen LogP contribution in [0.5, 0.6) is 0 Å². The molecule has 1 fully saturated rings. The Kier molecular flexibility index (Phi) is 3.86. The van der Waals surface area contributed by atoms with Crippen LogP contribution in [-0.4, -0.2) is 58.7 Å². The van der Waals surface area contributed by atoms with Crippen LogP contribution in [0.25, 0.3) is 0 Å². The number of nitrogens with two attached hydrogens (primary N) is 1. The summed E-state index contributed by atoms with van der Waals surface area (Å²) in [5, 5.41) is 4.03. The molecular formula is C12H21N5O. The lowest BCUT2D eigenvalue weighted by Gasteiger charge is -2.35. The lowest BCUT2D eigenvalue weighted by Crippen LogP contribution is -2.48. The van der Waals surface area contributed by atoms with Crippen LogP contribution in [-0.2, 0) is 11.3 Å². The zero-order valence-corrected chi connectivity index (χ0v) is 11.0. The Morgan fingerprint density at radius 1 is 1.67 bits per heavy atom. The van der Waals surface area contributed by atoms with Crippen molar-refractivity contribution in [2.45, 2.75) is 25.4 Å². The fraction of sp³-hybridized carbons (Fsp3) is 0.667. The number of nitrogens with zero attached hydrogens (tertiary/aromatic N) is 4. The van der Waals surface area contributed by atoms with E-state index in [-0.39, 0.29) is 12.5 Å².